The Morgan fingerprint density at radius 3 is 3.00 bits per heavy atom. The summed E-state index contributed by atoms with van der Waals surface area (Å²) in [5.41, 5.74) is 0. The van der Waals surface area contributed by atoms with Crippen LogP contribution in [0.1, 0.15) is 18.2 Å². The maximum absolute atomic E-state index is 10.7. The molecular weight excluding hydrogens is 278 g/mol. The number of nitrogens with zero attached hydrogens (tertiary/aromatic N) is 2. The van der Waals surface area contributed by atoms with Crippen LogP contribution >= 0.6 is 11.3 Å². The number of carboxylic acids is 1. The molecule has 2 aromatic rings. The first-order valence-electron chi connectivity index (χ1n) is 6.36. The maximum Gasteiger partial charge on any atom is 0.306 e. The second-order valence-electron chi connectivity index (χ2n) is 4.34. The Kier molecular flexibility index (Phi) is 4.86. The molecule has 0 aromatic carbocycles. The first-order valence-corrected chi connectivity index (χ1v) is 7.17. The number of carbonyl (C=O) groups is 1. The molecule has 6 nitrogen and oxygen atoms in total. The molecular formula is C13H17N3O3S. The van der Waals surface area contributed by atoms with Gasteiger partial charge in [0, 0.05) is 18.5 Å². The van der Waals surface area contributed by atoms with Crippen molar-refractivity contribution in [2.75, 3.05) is 19.0 Å². The van der Waals surface area contributed by atoms with Gasteiger partial charge in [0.05, 0.1) is 17.9 Å². The standard InChI is InChI=1S/C13H17N3O3S/c1-3-9-5-10-12(15-7-16-13(10)20-9)14-6-8(19-2)4-11(17)18/h5,7-8H,3-4,6H2,1-2H3,(H,17,18)(H,14,15,16). The van der Waals surface area contributed by atoms with E-state index in [1.807, 2.05) is 0 Å². The first kappa shape index (κ1) is 14.7. The number of rotatable bonds is 7. The first-order chi connectivity index (χ1) is 9.63. The van der Waals surface area contributed by atoms with Gasteiger partial charge in [-0.2, -0.15) is 0 Å². The number of aromatic nitrogens is 2. The van der Waals surface area contributed by atoms with E-state index in [0.717, 1.165) is 22.5 Å². The molecule has 108 valence electrons. The van der Waals surface area contributed by atoms with E-state index in [1.54, 1.807) is 11.3 Å². The van der Waals surface area contributed by atoms with Crippen LogP contribution in [0, 0.1) is 0 Å². The average molecular weight is 295 g/mol. The molecule has 0 amide bonds. The van der Waals surface area contributed by atoms with E-state index >= 15 is 0 Å². The number of carboxylic acid groups (broad SMARTS) is 1. The summed E-state index contributed by atoms with van der Waals surface area (Å²) < 4.78 is 5.14. The van der Waals surface area contributed by atoms with Gasteiger partial charge in [0.15, 0.2) is 0 Å². The number of nitrogens with one attached hydrogen (secondary N) is 1. The number of aliphatic carboxylic acids is 1. The van der Waals surface area contributed by atoms with E-state index < -0.39 is 5.97 Å². The van der Waals surface area contributed by atoms with Crippen LogP contribution in [0.4, 0.5) is 5.82 Å². The fourth-order valence-electron chi connectivity index (χ4n) is 1.86. The lowest BCUT2D eigenvalue weighted by Crippen LogP contribution is -2.25. The van der Waals surface area contributed by atoms with Crippen LogP contribution in [0.5, 0.6) is 0 Å². The monoisotopic (exact) mass is 295 g/mol. The summed E-state index contributed by atoms with van der Waals surface area (Å²) in [6.45, 7) is 2.49. The molecule has 0 aliphatic rings. The van der Waals surface area contributed by atoms with Gasteiger partial charge in [-0.15, -0.1) is 11.3 Å². The number of ether oxygens (including phenoxy) is 1. The van der Waals surface area contributed by atoms with E-state index in [0.29, 0.717) is 6.54 Å². The fraction of sp³-hybridized carbons (Fsp3) is 0.462. The van der Waals surface area contributed by atoms with E-state index in [4.69, 9.17) is 9.84 Å². The lowest BCUT2D eigenvalue weighted by Gasteiger charge is -2.14. The van der Waals surface area contributed by atoms with Gasteiger partial charge < -0.3 is 15.2 Å². The summed E-state index contributed by atoms with van der Waals surface area (Å²) in [5.74, 6) is -0.159. The Hall–Kier alpha value is -1.73. The lowest BCUT2D eigenvalue weighted by atomic mass is 10.2. The number of hydrogen-bond acceptors (Lipinski definition) is 6. The fourth-order valence-corrected chi connectivity index (χ4v) is 2.80. The topological polar surface area (TPSA) is 84.3 Å². The minimum atomic E-state index is -0.879. The van der Waals surface area contributed by atoms with Gasteiger partial charge in [-0.3, -0.25) is 4.79 Å². The third-order valence-corrected chi connectivity index (χ3v) is 4.15. The predicted molar refractivity (Wildman–Crippen MR) is 78.3 cm³/mol. The van der Waals surface area contributed by atoms with Gasteiger partial charge in [-0.25, -0.2) is 9.97 Å². The third kappa shape index (κ3) is 3.43. The molecule has 0 fully saturated rings. The normalized spacial score (nSPS) is 12.5. The average Bonchev–Trinajstić information content (AvgIpc) is 2.86. The minimum absolute atomic E-state index is 0.0401. The van der Waals surface area contributed by atoms with Crippen molar-refractivity contribution in [3.63, 3.8) is 0 Å². The molecule has 7 heteroatoms. The Morgan fingerprint density at radius 2 is 2.35 bits per heavy atom. The number of anilines is 1. The second-order valence-corrected chi connectivity index (χ2v) is 5.46. The zero-order chi connectivity index (χ0) is 14.5. The molecule has 0 bridgehead atoms. The molecule has 0 aliphatic heterocycles. The summed E-state index contributed by atoms with van der Waals surface area (Å²) in [6.07, 6.45) is 2.04. The SMILES string of the molecule is CCc1cc2c(NCC(CC(=O)O)OC)ncnc2s1. The van der Waals surface area contributed by atoms with Crippen molar-refractivity contribution in [1.82, 2.24) is 9.97 Å². The highest BCUT2D eigenvalue weighted by Gasteiger charge is 2.14. The molecule has 2 heterocycles. The highest BCUT2D eigenvalue weighted by atomic mass is 32.1. The molecule has 2 rings (SSSR count). The van der Waals surface area contributed by atoms with Gasteiger partial charge >= 0.3 is 5.97 Å². The maximum atomic E-state index is 10.7. The number of hydrogen-bond donors (Lipinski definition) is 2. The highest BCUT2D eigenvalue weighted by molar-refractivity contribution is 7.18. The third-order valence-electron chi connectivity index (χ3n) is 2.96. The number of methoxy groups -OCH3 is 1. The van der Waals surface area contributed by atoms with Crippen molar-refractivity contribution in [2.45, 2.75) is 25.9 Å². The van der Waals surface area contributed by atoms with Gasteiger partial charge in [0.1, 0.15) is 17.0 Å². The molecule has 0 radical (unpaired) electrons. The summed E-state index contributed by atoms with van der Waals surface area (Å²) in [4.78, 5) is 21.4. The molecule has 2 aromatic heterocycles. The van der Waals surface area contributed by atoms with Crippen molar-refractivity contribution in [1.29, 1.82) is 0 Å². The van der Waals surface area contributed by atoms with E-state index in [2.05, 4.69) is 28.3 Å². The largest absolute Gasteiger partial charge is 0.481 e. The van der Waals surface area contributed by atoms with E-state index in [1.165, 1.54) is 18.3 Å². The summed E-state index contributed by atoms with van der Waals surface area (Å²) in [5, 5.41) is 12.9. The Bertz CT molecular complexity index is 600. The van der Waals surface area contributed by atoms with E-state index in [-0.39, 0.29) is 12.5 Å². The van der Waals surface area contributed by atoms with Gasteiger partial charge in [0.25, 0.3) is 0 Å². The predicted octanol–water partition coefficient (Wildman–Crippen LogP) is 2.16. The van der Waals surface area contributed by atoms with Gasteiger partial charge in [-0.05, 0) is 12.5 Å². The molecule has 0 saturated heterocycles. The smallest absolute Gasteiger partial charge is 0.306 e. The molecule has 0 aliphatic carbocycles. The quantitative estimate of drug-likeness (QED) is 0.814. The molecule has 20 heavy (non-hydrogen) atoms. The van der Waals surface area contributed by atoms with Crippen molar-refractivity contribution >= 4 is 33.3 Å². The van der Waals surface area contributed by atoms with Crippen LogP contribution in [0.2, 0.25) is 0 Å². The van der Waals surface area contributed by atoms with Crippen molar-refractivity contribution in [3.05, 3.63) is 17.3 Å². The van der Waals surface area contributed by atoms with Crippen LogP contribution in [-0.4, -0.2) is 40.8 Å². The second kappa shape index (κ2) is 6.62. The van der Waals surface area contributed by atoms with E-state index in [9.17, 15) is 4.79 Å². The molecule has 2 N–H and O–H groups in total. The van der Waals surface area contributed by atoms with Crippen LogP contribution in [0.25, 0.3) is 10.2 Å². The Balaban J connectivity index is 2.12. The number of thiophene rings is 1. The summed E-state index contributed by atoms with van der Waals surface area (Å²) in [7, 11) is 1.50. The van der Waals surface area contributed by atoms with Crippen LogP contribution < -0.4 is 5.32 Å². The van der Waals surface area contributed by atoms with Crippen LogP contribution in [0.3, 0.4) is 0 Å². The van der Waals surface area contributed by atoms with Crippen molar-refractivity contribution in [3.8, 4) is 0 Å². The van der Waals surface area contributed by atoms with Gasteiger partial charge in [-0.1, -0.05) is 6.92 Å². The van der Waals surface area contributed by atoms with Crippen LogP contribution in [-0.2, 0) is 16.0 Å². The van der Waals surface area contributed by atoms with Gasteiger partial charge in [0.2, 0.25) is 0 Å². The highest BCUT2D eigenvalue weighted by Crippen LogP contribution is 2.28. The van der Waals surface area contributed by atoms with Crippen molar-refractivity contribution < 1.29 is 14.6 Å². The lowest BCUT2D eigenvalue weighted by molar-refractivity contribution is -0.139. The molecule has 1 unspecified atom stereocenters. The Labute approximate surface area is 120 Å². The number of aryl methyl sites for hydroxylation is 1. The summed E-state index contributed by atoms with van der Waals surface area (Å²) >= 11 is 1.65. The van der Waals surface area contributed by atoms with Crippen molar-refractivity contribution in [2.24, 2.45) is 0 Å². The summed E-state index contributed by atoms with van der Waals surface area (Å²) in [6, 6.07) is 2.07. The molecule has 0 spiro atoms. The minimum Gasteiger partial charge on any atom is -0.481 e. The zero-order valence-corrected chi connectivity index (χ0v) is 12.2. The zero-order valence-electron chi connectivity index (χ0n) is 11.4. The number of fused-ring (bicyclic) bond motifs is 1. The van der Waals surface area contributed by atoms with Crippen LogP contribution in [0.15, 0.2) is 12.4 Å². The molecule has 0 saturated carbocycles. The molecule has 1 atom stereocenters. The Morgan fingerprint density at radius 1 is 1.55 bits per heavy atom.